The molecule has 37 heavy (non-hydrogen) atoms. The number of amides is 1. The molecule has 3 heterocycles. The number of hydrogen-bond acceptors (Lipinski definition) is 9. The van der Waals surface area contributed by atoms with Crippen LogP contribution in [0.1, 0.15) is 40.5 Å². The molecule has 0 spiro atoms. The highest BCUT2D eigenvalue weighted by atomic mass is 16.5. The van der Waals surface area contributed by atoms with Gasteiger partial charge in [-0.15, -0.1) is 0 Å². The van der Waals surface area contributed by atoms with Gasteiger partial charge in [-0.25, -0.2) is 4.98 Å². The molecule has 202 valence electrons. The van der Waals surface area contributed by atoms with Gasteiger partial charge in [0.15, 0.2) is 5.82 Å². The maximum Gasteiger partial charge on any atom is 0.249 e. The fourth-order valence-electron chi connectivity index (χ4n) is 5.15. The van der Waals surface area contributed by atoms with Crippen LogP contribution < -0.4 is 30.5 Å². The fourth-order valence-corrected chi connectivity index (χ4v) is 5.15. The summed E-state index contributed by atoms with van der Waals surface area (Å²) in [5.74, 6) is 2.03. The number of nitrogens with zero attached hydrogens (tertiary/aromatic N) is 6. The molecule has 0 bridgehead atoms. The molecule has 1 fully saturated rings. The van der Waals surface area contributed by atoms with E-state index in [0.29, 0.717) is 12.4 Å². The number of nitrogens with two attached hydrogens (primary N) is 1. The largest absolute Gasteiger partial charge is 0.494 e. The first-order valence-corrected chi connectivity index (χ1v) is 13.3. The first kappa shape index (κ1) is 26.9. The smallest absolute Gasteiger partial charge is 0.249 e. The quantitative estimate of drug-likeness (QED) is 0.527. The Morgan fingerprint density at radius 2 is 1.92 bits per heavy atom. The number of piperazine rings is 1. The minimum absolute atomic E-state index is 0.0695. The molecule has 0 aliphatic carbocycles. The molecule has 2 aromatic rings. The summed E-state index contributed by atoms with van der Waals surface area (Å²) in [7, 11) is 3.47. The van der Waals surface area contributed by atoms with E-state index in [1.807, 2.05) is 13.0 Å². The zero-order valence-corrected chi connectivity index (χ0v) is 23.1. The molecule has 1 unspecified atom stereocenters. The SMILES string of the molecule is CC[C@@H]1C(=O)N(C)c2cnc(Nc3ccc(N4CCN(CCC(C)N)CC4)cc3OC)nc2N1C(C)C. The summed E-state index contributed by atoms with van der Waals surface area (Å²) in [6.07, 6.45) is 3.46. The molecular weight excluding hydrogens is 468 g/mol. The van der Waals surface area contributed by atoms with E-state index in [2.05, 4.69) is 57.9 Å². The van der Waals surface area contributed by atoms with Crippen molar-refractivity contribution in [1.82, 2.24) is 14.9 Å². The first-order chi connectivity index (χ1) is 17.7. The van der Waals surface area contributed by atoms with Crippen molar-refractivity contribution in [2.75, 3.05) is 66.9 Å². The van der Waals surface area contributed by atoms with Gasteiger partial charge in [-0.1, -0.05) is 6.92 Å². The van der Waals surface area contributed by atoms with Gasteiger partial charge in [0.2, 0.25) is 11.9 Å². The molecule has 4 rings (SSSR count). The van der Waals surface area contributed by atoms with Crippen molar-refractivity contribution in [3.63, 3.8) is 0 Å². The first-order valence-electron chi connectivity index (χ1n) is 13.3. The minimum Gasteiger partial charge on any atom is -0.494 e. The molecule has 2 aliphatic rings. The number of fused-ring (bicyclic) bond motifs is 1. The number of anilines is 5. The van der Waals surface area contributed by atoms with Crippen molar-refractivity contribution in [3.8, 4) is 5.75 Å². The van der Waals surface area contributed by atoms with E-state index >= 15 is 0 Å². The summed E-state index contributed by atoms with van der Waals surface area (Å²) >= 11 is 0. The highest BCUT2D eigenvalue weighted by Crippen LogP contribution is 2.37. The average molecular weight is 511 g/mol. The average Bonchev–Trinajstić information content (AvgIpc) is 2.89. The predicted octanol–water partition coefficient (Wildman–Crippen LogP) is 3.06. The van der Waals surface area contributed by atoms with Crippen LogP contribution in [0.25, 0.3) is 0 Å². The minimum atomic E-state index is -0.242. The Hall–Kier alpha value is -3.11. The van der Waals surface area contributed by atoms with E-state index in [1.54, 1.807) is 25.3 Å². The van der Waals surface area contributed by atoms with Gasteiger partial charge in [0.25, 0.3) is 0 Å². The van der Waals surface area contributed by atoms with E-state index in [9.17, 15) is 4.79 Å². The van der Waals surface area contributed by atoms with Crippen LogP contribution in [0.2, 0.25) is 0 Å². The monoisotopic (exact) mass is 510 g/mol. The Bertz CT molecular complexity index is 1080. The second-order valence-electron chi connectivity index (χ2n) is 10.3. The number of carbonyl (C=O) groups excluding carboxylic acids is 1. The van der Waals surface area contributed by atoms with Crippen LogP contribution >= 0.6 is 0 Å². The normalized spacial score (nSPS) is 19.3. The number of aromatic nitrogens is 2. The Morgan fingerprint density at radius 3 is 2.54 bits per heavy atom. The Labute approximate surface area is 220 Å². The third-order valence-corrected chi connectivity index (χ3v) is 7.32. The third-order valence-electron chi connectivity index (χ3n) is 7.32. The Kier molecular flexibility index (Phi) is 8.39. The highest BCUT2D eigenvalue weighted by Gasteiger charge is 2.38. The molecule has 1 saturated heterocycles. The van der Waals surface area contributed by atoms with Crippen LogP contribution in [0.15, 0.2) is 24.4 Å². The summed E-state index contributed by atoms with van der Waals surface area (Å²) in [6, 6.07) is 6.32. The van der Waals surface area contributed by atoms with Crippen molar-refractivity contribution in [2.24, 2.45) is 5.73 Å². The lowest BCUT2D eigenvalue weighted by atomic mass is 10.1. The van der Waals surface area contributed by atoms with Crippen LogP contribution in [0.4, 0.5) is 28.8 Å². The Morgan fingerprint density at radius 1 is 1.19 bits per heavy atom. The molecule has 2 atom stereocenters. The van der Waals surface area contributed by atoms with E-state index in [4.69, 9.17) is 15.5 Å². The number of benzene rings is 1. The van der Waals surface area contributed by atoms with Gasteiger partial charge >= 0.3 is 0 Å². The molecule has 10 nitrogen and oxygen atoms in total. The second-order valence-corrected chi connectivity index (χ2v) is 10.3. The van der Waals surface area contributed by atoms with Crippen molar-refractivity contribution in [2.45, 2.75) is 58.7 Å². The number of nitrogens with one attached hydrogen (secondary N) is 1. The number of hydrogen-bond donors (Lipinski definition) is 2. The van der Waals surface area contributed by atoms with Crippen LogP contribution in [-0.2, 0) is 4.79 Å². The zero-order chi connectivity index (χ0) is 26.7. The van der Waals surface area contributed by atoms with Gasteiger partial charge in [-0.05, 0) is 52.3 Å². The van der Waals surface area contributed by atoms with Gasteiger partial charge in [-0.3, -0.25) is 9.69 Å². The lowest BCUT2D eigenvalue weighted by molar-refractivity contribution is -0.120. The van der Waals surface area contributed by atoms with Gasteiger partial charge in [0.05, 0.1) is 19.0 Å². The van der Waals surface area contributed by atoms with E-state index in [-0.39, 0.29) is 24.0 Å². The van der Waals surface area contributed by atoms with Crippen LogP contribution in [-0.4, -0.2) is 85.8 Å². The van der Waals surface area contributed by atoms with Crippen molar-refractivity contribution in [1.29, 1.82) is 0 Å². The number of likely N-dealkylation sites (N-methyl/N-ethyl adjacent to an activating group) is 1. The molecular formula is C27H42N8O2. The molecule has 1 aromatic carbocycles. The van der Waals surface area contributed by atoms with E-state index in [0.717, 1.165) is 67.8 Å². The summed E-state index contributed by atoms with van der Waals surface area (Å²) in [5, 5.41) is 3.34. The lowest BCUT2D eigenvalue weighted by Crippen LogP contribution is -2.54. The van der Waals surface area contributed by atoms with Crippen LogP contribution in [0.3, 0.4) is 0 Å². The van der Waals surface area contributed by atoms with Gasteiger partial charge in [-0.2, -0.15) is 4.98 Å². The number of rotatable bonds is 9. The number of ether oxygens (including phenoxy) is 1. The third kappa shape index (κ3) is 5.75. The molecule has 0 saturated carbocycles. The van der Waals surface area contributed by atoms with Crippen molar-refractivity contribution in [3.05, 3.63) is 24.4 Å². The Balaban J connectivity index is 1.51. The summed E-state index contributed by atoms with van der Waals surface area (Å²) in [5.41, 5.74) is 8.57. The zero-order valence-electron chi connectivity index (χ0n) is 23.1. The van der Waals surface area contributed by atoms with Gasteiger partial charge in [0.1, 0.15) is 17.5 Å². The van der Waals surface area contributed by atoms with Crippen molar-refractivity contribution < 1.29 is 9.53 Å². The maximum absolute atomic E-state index is 12.9. The topological polar surface area (TPSA) is 103 Å². The van der Waals surface area contributed by atoms with Gasteiger partial charge < -0.3 is 30.5 Å². The molecule has 1 amide bonds. The molecule has 2 aliphatic heterocycles. The molecule has 10 heteroatoms. The highest BCUT2D eigenvalue weighted by molar-refractivity contribution is 6.04. The van der Waals surface area contributed by atoms with Crippen LogP contribution in [0, 0.1) is 0 Å². The summed E-state index contributed by atoms with van der Waals surface area (Å²) in [6.45, 7) is 13.3. The number of methoxy groups -OCH3 is 1. The fraction of sp³-hybridized carbons (Fsp3) is 0.593. The second kappa shape index (κ2) is 11.5. The van der Waals surface area contributed by atoms with Crippen LogP contribution in [0.5, 0.6) is 5.75 Å². The number of carbonyl (C=O) groups is 1. The summed E-state index contributed by atoms with van der Waals surface area (Å²) < 4.78 is 5.74. The van der Waals surface area contributed by atoms with Gasteiger partial charge in [0, 0.05) is 57.1 Å². The molecule has 3 N–H and O–H groups in total. The van der Waals surface area contributed by atoms with Crippen molar-refractivity contribution >= 4 is 34.7 Å². The van der Waals surface area contributed by atoms with E-state index in [1.165, 1.54) is 0 Å². The summed E-state index contributed by atoms with van der Waals surface area (Å²) in [4.78, 5) is 30.9. The predicted molar refractivity (Wildman–Crippen MR) is 150 cm³/mol. The standard InChI is InChI=1S/C27H42N8O2/c1-7-22-26(36)32(5)23-17-29-27(31-25(23)35(22)18(2)3)30-21-9-8-20(16-24(21)37-6)34-14-12-33(13-15-34)11-10-19(4)28/h8-9,16-19,22H,7,10-15,28H2,1-6H3,(H,29,30,31)/t19?,22-/m1/s1. The lowest BCUT2D eigenvalue weighted by Gasteiger charge is -2.42. The molecule has 1 aromatic heterocycles. The maximum atomic E-state index is 12.9. The molecule has 0 radical (unpaired) electrons. The van der Waals surface area contributed by atoms with E-state index < -0.39 is 0 Å².